The predicted molar refractivity (Wildman–Crippen MR) is 105 cm³/mol. The molecule has 4 rings (SSSR count). The second-order valence-corrected chi connectivity index (χ2v) is 7.96. The second-order valence-electron chi connectivity index (χ2n) is 7.96. The molecule has 0 spiro atoms. The van der Waals surface area contributed by atoms with E-state index in [9.17, 15) is 14.7 Å². The van der Waals surface area contributed by atoms with Crippen molar-refractivity contribution < 1.29 is 19.4 Å². The summed E-state index contributed by atoms with van der Waals surface area (Å²) in [5, 5.41) is 9.53. The number of rotatable bonds is 6. The van der Waals surface area contributed by atoms with Gasteiger partial charge < -0.3 is 14.7 Å². The number of aliphatic carboxylic acids is 1. The molecule has 3 atom stereocenters. The van der Waals surface area contributed by atoms with Crippen molar-refractivity contribution in [3.8, 4) is 5.75 Å². The number of carboxylic acid groups (broad SMARTS) is 1. The van der Waals surface area contributed by atoms with E-state index in [4.69, 9.17) is 4.74 Å². The van der Waals surface area contributed by atoms with Gasteiger partial charge in [0.15, 0.2) is 0 Å². The van der Waals surface area contributed by atoms with Crippen LogP contribution in [-0.2, 0) is 16.2 Å². The summed E-state index contributed by atoms with van der Waals surface area (Å²) in [4.78, 5) is 26.1. The number of carbonyl (C=O) groups is 2. The minimum absolute atomic E-state index is 0.0168. The maximum absolute atomic E-state index is 12.9. The van der Waals surface area contributed by atoms with Crippen molar-refractivity contribution in [2.24, 2.45) is 5.92 Å². The molecule has 2 fully saturated rings. The molecule has 1 aliphatic carbocycles. The summed E-state index contributed by atoms with van der Waals surface area (Å²) in [5.41, 5.74) is 1.17. The van der Waals surface area contributed by atoms with E-state index in [0.717, 1.165) is 29.7 Å². The van der Waals surface area contributed by atoms with Crippen molar-refractivity contribution in [1.82, 2.24) is 4.90 Å². The fourth-order valence-corrected chi connectivity index (χ4v) is 4.13. The Balaban J connectivity index is 1.36. The molecule has 2 aromatic carbocycles. The number of hydrogen-bond acceptors (Lipinski definition) is 3. The Morgan fingerprint density at radius 2 is 1.86 bits per heavy atom. The topological polar surface area (TPSA) is 66.8 Å². The van der Waals surface area contributed by atoms with Gasteiger partial charge in [-0.1, -0.05) is 42.5 Å². The lowest BCUT2D eigenvalue weighted by Gasteiger charge is -2.31. The van der Waals surface area contributed by atoms with E-state index < -0.39 is 11.5 Å². The van der Waals surface area contributed by atoms with Gasteiger partial charge in [-0.25, -0.2) is 4.79 Å². The maximum Gasteiger partial charge on any atom is 0.329 e. The zero-order valence-electron chi connectivity index (χ0n) is 16.0. The van der Waals surface area contributed by atoms with Crippen LogP contribution in [0, 0.1) is 5.92 Å². The zero-order valence-corrected chi connectivity index (χ0v) is 16.0. The molecule has 1 amide bonds. The highest BCUT2D eigenvalue weighted by molar-refractivity contribution is 5.90. The number of benzene rings is 2. The number of carbonyl (C=O) groups excluding carboxylic acids is 1. The molecule has 0 bridgehead atoms. The van der Waals surface area contributed by atoms with Gasteiger partial charge in [0, 0.05) is 12.5 Å². The third-order valence-corrected chi connectivity index (χ3v) is 6.03. The summed E-state index contributed by atoms with van der Waals surface area (Å²) in [7, 11) is 0. The van der Waals surface area contributed by atoms with Crippen molar-refractivity contribution in [2.75, 3.05) is 6.54 Å². The van der Waals surface area contributed by atoms with Gasteiger partial charge in [-0.3, -0.25) is 4.79 Å². The highest BCUT2D eigenvalue weighted by Crippen LogP contribution is 2.50. The second kappa shape index (κ2) is 7.30. The van der Waals surface area contributed by atoms with Crippen LogP contribution in [0.5, 0.6) is 5.75 Å². The van der Waals surface area contributed by atoms with Gasteiger partial charge in [0.05, 0.1) is 0 Å². The molecule has 1 N–H and O–H groups in total. The van der Waals surface area contributed by atoms with Gasteiger partial charge in [-0.15, -0.1) is 0 Å². The number of hydrogen-bond donors (Lipinski definition) is 1. The first-order chi connectivity index (χ1) is 13.5. The highest BCUT2D eigenvalue weighted by Gasteiger charge is 2.53. The summed E-state index contributed by atoms with van der Waals surface area (Å²) in [6.07, 6.45) is 2.06. The average molecular weight is 379 g/mol. The van der Waals surface area contributed by atoms with Crippen LogP contribution >= 0.6 is 0 Å². The van der Waals surface area contributed by atoms with Crippen LogP contribution in [-0.4, -0.2) is 34.0 Å². The van der Waals surface area contributed by atoms with Crippen molar-refractivity contribution in [2.45, 2.75) is 44.2 Å². The van der Waals surface area contributed by atoms with Crippen LogP contribution in [0.15, 0.2) is 54.6 Å². The lowest BCUT2D eigenvalue weighted by Crippen LogP contribution is -2.51. The lowest BCUT2D eigenvalue weighted by atomic mass is 9.98. The van der Waals surface area contributed by atoms with Gasteiger partial charge in [-0.2, -0.15) is 0 Å². The molecule has 1 saturated carbocycles. The van der Waals surface area contributed by atoms with Crippen LogP contribution in [0.4, 0.5) is 0 Å². The first-order valence-electron chi connectivity index (χ1n) is 9.80. The Morgan fingerprint density at radius 1 is 1.14 bits per heavy atom. The Bertz CT molecular complexity index is 864. The van der Waals surface area contributed by atoms with Crippen LogP contribution in [0.3, 0.4) is 0 Å². The minimum atomic E-state index is -1.06. The third-order valence-electron chi connectivity index (χ3n) is 6.03. The van der Waals surface area contributed by atoms with E-state index in [1.807, 2.05) is 54.6 Å². The number of likely N-dealkylation sites (tertiary alicyclic amines) is 1. The lowest BCUT2D eigenvalue weighted by molar-refractivity contribution is -0.155. The summed E-state index contributed by atoms with van der Waals surface area (Å²) in [6, 6.07) is 17.9. The van der Waals surface area contributed by atoms with Crippen molar-refractivity contribution in [3.05, 3.63) is 65.7 Å². The smallest absolute Gasteiger partial charge is 0.329 e. The molecule has 28 heavy (non-hydrogen) atoms. The van der Waals surface area contributed by atoms with E-state index >= 15 is 0 Å². The van der Waals surface area contributed by atoms with Gasteiger partial charge in [0.2, 0.25) is 5.91 Å². The Kier molecular flexibility index (Phi) is 4.84. The summed E-state index contributed by atoms with van der Waals surface area (Å²) >= 11 is 0. The fourth-order valence-electron chi connectivity index (χ4n) is 4.13. The van der Waals surface area contributed by atoms with E-state index in [2.05, 4.69) is 0 Å². The maximum atomic E-state index is 12.9. The Morgan fingerprint density at radius 3 is 2.54 bits per heavy atom. The van der Waals surface area contributed by atoms with E-state index in [0.29, 0.717) is 19.6 Å². The third kappa shape index (κ3) is 3.49. The molecule has 1 aliphatic heterocycles. The average Bonchev–Trinajstić information content (AvgIpc) is 3.41. The summed E-state index contributed by atoms with van der Waals surface area (Å²) in [5.74, 6) is -0.0522. The fraction of sp³-hybridized carbons (Fsp3) is 0.391. The Hall–Kier alpha value is -2.82. The SMILES string of the molecule is CC1(C(=O)O)CCCN1C(=O)C1CC1c1ccc(OCc2ccccc2)cc1. The molecule has 1 heterocycles. The summed E-state index contributed by atoms with van der Waals surface area (Å²) < 4.78 is 5.82. The monoisotopic (exact) mass is 379 g/mol. The van der Waals surface area contributed by atoms with Crippen molar-refractivity contribution in [1.29, 1.82) is 0 Å². The highest BCUT2D eigenvalue weighted by atomic mass is 16.5. The predicted octanol–water partition coefficient (Wildman–Crippen LogP) is 3.83. The van der Waals surface area contributed by atoms with Crippen molar-refractivity contribution in [3.63, 3.8) is 0 Å². The van der Waals surface area contributed by atoms with Crippen LogP contribution in [0.25, 0.3) is 0 Å². The molecular weight excluding hydrogens is 354 g/mol. The quantitative estimate of drug-likeness (QED) is 0.828. The van der Waals surface area contributed by atoms with Gasteiger partial charge in [-0.05, 0) is 55.4 Å². The van der Waals surface area contributed by atoms with Crippen LogP contribution in [0.2, 0.25) is 0 Å². The first kappa shape index (κ1) is 18.5. The minimum Gasteiger partial charge on any atom is -0.489 e. The largest absolute Gasteiger partial charge is 0.489 e. The zero-order chi connectivity index (χ0) is 19.7. The standard InChI is InChI=1S/C23H25NO4/c1-23(22(26)27)12-5-13-24(23)21(25)20-14-19(20)17-8-10-18(11-9-17)28-15-16-6-3-2-4-7-16/h2-4,6-11,19-20H,5,12-15H2,1H3,(H,26,27). The number of carboxylic acids is 1. The molecule has 1 saturated heterocycles. The summed E-state index contributed by atoms with van der Waals surface area (Å²) in [6.45, 7) is 2.72. The van der Waals surface area contributed by atoms with Gasteiger partial charge in [0.25, 0.3) is 0 Å². The van der Waals surface area contributed by atoms with E-state index in [-0.39, 0.29) is 17.7 Å². The van der Waals surface area contributed by atoms with Crippen molar-refractivity contribution >= 4 is 11.9 Å². The normalized spacial score (nSPS) is 26.1. The molecule has 2 aliphatic rings. The molecule has 0 radical (unpaired) electrons. The molecule has 2 aromatic rings. The first-order valence-corrected chi connectivity index (χ1v) is 9.80. The molecule has 5 heteroatoms. The van der Waals surface area contributed by atoms with Gasteiger partial charge >= 0.3 is 5.97 Å². The number of nitrogens with zero attached hydrogens (tertiary/aromatic N) is 1. The van der Waals surface area contributed by atoms with E-state index in [1.54, 1.807) is 11.8 Å². The Labute approximate surface area is 164 Å². The molecular formula is C23H25NO4. The molecule has 5 nitrogen and oxygen atoms in total. The van der Waals surface area contributed by atoms with Crippen LogP contribution < -0.4 is 4.74 Å². The van der Waals surface area contributed by atoms with E-state index in [1.165, 1.54) is 0 Å². The molecule has 3 unspecified atom stereocenters. The van der Waals surface area contributed by atoms with Crippen LogP contribution in [0.1, 0.15) is 43.2 Å². The molecule has 0 aromatic heterocycles. The number of amides is 1. The molecule has 146 valence electrons. The number of ether oxygens (including phenoxy) is 1. The van der Waals surface area contributed by atoms with Gasteiger partial charge in [0.1, 0.15) is 17.9 Å².